The fourth-order valence-electron chi connectivity index (χ4n) is 6.25. The second-order valence-corrected chi connectivity index (χ2v) is 11.0. The zero-order valence-electron chi connectivity index (χ0n) is 14.9. The summed E-state index contributed by atoms with van der Waals surface area (Å²) < 4.78 is 24.0. The molecule has 1 aromatic rings. The predicted molar refractivity (Wildman–Crippen MR) is 99.8 cm³/mol. The normalized spacial score (nSPS) is 38.3. The van der Waals surface area contributed by atoms with Gasteiger partial charge in [-0.15, -0.1) is 0 Å². The summed E-state index contributed by atoms with van der Waals surface area (Å²) in [6.45, 7) is 0. The Morgan fingerprint density at radius 2 is 1.65 bits per heavy atom. The number of carbonyl (C=O) groups excluding carboxylic acids is 1. The Balaban J connectivity index is 1.54. The van der Waals surface area contributed by atoms with Gasteiger partial charge in [0, 0.05) is 17.6 Å². The van der Waals surface area contributed by atoms with Crippen molar-refractivity contribution >= 4 is 21.6 Å². The molecule has 5 aliphatic rings. The lowest BCUT2D eigenvalue weighted by atomic mass is 9.53. The molecule has 0 heterocycles. The molecule has 5 fully saturated rings. The van der Waals surface area contributed by atoms with Gasteiger partial charge in [-0.2, -0.15) is 0 Å². The zero-order chi connectivity index (χ0) is 18.1. The molecule has 1 aromatic carbocycles. The minimum absolute atomic E-state index is 0.122. The number of benzene rings is 1. The summed E-state index contributed by atoms with van der Waals surface area (Å²) in [4.78, 5) is 15.2. The lowest BCUT2D eigenvalue weighted by Gasteiger charge is -2.60. The summed E-state index contributed by atoms with van der Waals surface area (Å²) in [6.07, 6.45) is 5.96. The topological polar surface area (TPSA) is 80.5 Å². The van der Waals surface area contributed by atoms with Crippen LogP contribution in [0.3, 0.4) is 0 Å². The zero-order valence-corrected chi connectivity index (χ0v) is 15.7. The fraction of sp³-hybridized carbons (Fsp3) is 0.650. The molecule has 6 rings (SSSR count). The van der Waals surface area contributed by atoms with Crippen LogP contribution in [0.4, 0.5) is 5.69 Å². The van der Waals surface area contributed by atoms with Gasteiger partial charge in [0.2, 0.25) is 15.9 Å². The summed E-state index contributed by atoms with van der Waals surface area (Å²) >= 11 is 0. The maximum Gasteiger partial charge on any atom is 0.230 e. The number of hydrogen-bond donors (Lipinski definition) is 1. The minimum atomic E-state index is -3.56. The van der Waals surface area contributed by atoms with E-state index in [1.807, 2.05) is 35.2 Å². The van der Waals surface area contributed by atoms with Gasteiger partial charge in [-0.1, -0.05) is 18.2 Å². The molecule has 1 amide bonds. The van der Waals surface area contributed by atoms with E-state index in [1.54, 1.807) is 0 Å². The van der Waals surface area contributed by atoms with Crippen LogP contribution in [0.15, 0.2) is 30.3 Å². The second kappa shape index (κ2) is 5.55. The number of anilines is 1. The number of primary sulfonamides is 1. The predicted octanol–water partition coefficient (Wildman–Crippen LogP) is 2.67. The average Bonchev–Trinajstić information content (AvgIpc) is 3.42. The molecule has 140 valence electrons. The largest absolute Gasteiger partial charge is 0.309 e. The Hall–Kier alpha value is -1.40. The third-order valence-electron chi connectivity index (χ3n) is 7.27. The van der Waals surface area contributed by atoms with Crippen molar-refractivity contribution in [2.24, 2.45) is 28.8 Å². The third-order valence-corrected chi connectivity index (χ3v) is 8.97. The highest BCUT2D eigenvalue weighted by Crippen LogP contribution is 2.60. The first-order valence-corrected chi connectivity index (χ1v) is 11.3. The number of amides is 1. The smallest absolute Gasteiger partial charge is 0.230 e. The van der Waals surface area contributed by atoms with Crippen LogP contribution in [0.2, 0.25) is 0 Å². The van der Waals surface area contributed by atoms with Gasteiger partial charge in [-0.05, 0) is 74.8 Å². The summed E-state index contributed by atoms with van der Waals surface area (Å²) in [6, 6.07) is 10.1. The van der Waals surface area contributed by atoms with Gasteiger partial charge >= 0.3 is 0 Å². The summed E-state index contributed by atoms with van der Waals surface area (Å²) in [5, 5.41) is 5.68. The Kier molecular flexibility index (Phi) is 3.58. The van der Waals surface area contributed by atoms with Crippen LogP contribution in [0.5, 0.6) is 0 Å². The third kappa shape index (κ3) is 2.45. The number of rotatable bonds is 4. The van der Waals surface area contributed by atoms with Gasteiger partial charge < -0.3 is 4.90 Å². The van der Waals surface area contributed by atoms with E-state index in [2.05, 4.69) is 0 Å². The van der Waals surface area contributed by atoms with Crippen LogP contribution < -0.4 is 10.0 Å². The molecule has 2 unspecified atom stereocenters. The number of hydrogen-bond acceptors (Lipinski definition) is 3. The molecule has 2 atom stereocenters. The molecule has 6 heteroatoms. The molecule has 2 N–H and O–H groups in total. The molecule has 0 aliphatic heterocycles. The Bertz CT molecular complexity index is 818. The van der Waals surface area contributed by atoms with Crippen LogP contribution >= 0.6 is 0 Å². The SMILES string of the molecule is NS(=O)(=O)C12CC3CC(C1)C(N(C(=O)C1CC1)c1ccccc1)C(C3)C2. The molecule has 26 heavy (non-hydrogen) atoms. The van der Waals surface area contributed by atoms with E-state index in [0.29, 0.717) is 25.2 Å². The number of nitrogens with zero attached hydrogens (tertiary/aromatic N) is 1. The highest BCUT2D eigenvalue weighted by molar-refractivity contribution is 7.90. The lowest BCUT2D eigenvalue weighted by molar-refractivity contribution is -0.122. The lowest BCUT2D eigenvalue weighted by Crippen LogP contribution is -2.65. The molecule has 5 aliphatic carbocycles. The molecular formula is C20H26N2O3S. The molecule has 5 nitrogen and oxygen atoms in total. The van der Waals surface area contributed by atoms with E-state index in [-0.39, 0.29) is 29.7 Å². The van der Waals surface area contributed by atoms with Crippen molar-refractivity contribution in [2.75, 3.05) is 4.90 Å². The van der Waals surface area contributed by atoms with E-state index in [0.717, 1.165) is 31.4 Å². The van der Waals surface area contributed by atoms with Crippen molar-refractivity contribution in [3.63, 3.8) is 0 Å². The Morgan fingerprint density at radius 3 is 2.19 bits per heavy atom. The van der Waals surface area contributed by atoms with Crippen LogP contribution in [-0.4, -0.2) is 25.1 Å². The van der Waals surface area contributed by atoms with Gasteiger partial charge in [0.1, 0.15) is 0 Å². The molecule has 5 saturated carbocycles. The first-order valence-electron chi connectivity index (χ1n) is 9.78. The Labute approximate surface area is 155 Å². The van der Waals surface area contributed by atoms with Gasteiger partial charge in [-0.3, -0.25) is 4.79 Å². The standard InChI is InChI=1S/C20H26N2O3S/c21-26(24,25)20-10-13-8-15(11-20)18(16(9-13)12-20)22(19(23)14-6-7-14)17-4-2-1-3-5-17/h1-5,13-16,18H,6-12H2,(H2,21,24,25). The first kappa shape index (κ1) is 16.8. The van der Waals surface area contributed by atoms with Gasteiger partial charge in [0.25, 0.3) is 0 Å². The summed E-state index contributed by atoms with van der Waals surface area (Å²) in [7, 11) is -3.56. The van der Waals surface area contributed by atoms with E-state index in [1.165, 1.54) is 0 Å². The Morgan fingerprint density at radius 1 is 1.04 bits per heavy atom. The quantitative estimate of drug-likeness (QED) is 0.880. The first-order chi connectivity index (χ1) is 12.4. The maximum atomic E-state index is 13.2. The van der Waals surface area contributed by atoms with E-state index in [4.69, 9.17) is 5.14 Å². The second-order valence-electron chi connectivity index (χ2n) is 9.01. The van der Waals surface area contributed by atoms with Crippen molar-refractivity contribution in [3.8, 4) is 0 Å². The van der Waals surface area contributed by atoms with Crippen LogP contribution in [0.25, 0.3) is 0 Å². The van der Waals surface area contributed by atoms with Gasteiger partial charge in [0.05, 0.1) is 4.75 Å². The number of nitrogens with two attached hydrogens (primary N) is 1. The van der Waals surface area contributed by atoms with Crippen molar-refractivity contribution in [3.05, 3.63) is 30.3 Å². The van der Waals surface area contributed by atoms with Crippen LogP contribution in [-0.2, 0) is 14.8 Å². The van der Waals surface area contributed by atoms with Crippen molar-refractivity contribution in [2.45, 2.75) is 55.7 Å². The number of carbonyl (C=O) groups is 1. The number of sulfonamides is 1. The molecule has 0 saturated heterocycles. The van der Waals surface area contributed by atoms with Crippen molar-refractivity contribution < 1.29 is 13.2 Å². The molecule has 0 spiro atoms. The molecular weight excluding hydrogens is 348 g/mol. The molecule has 0 radical (unpaired) electrons. The highest BCUT2D eigenvalue weighted by Gasteiger charge is 2.62. The minimum Gasteiger partial charge on any atom is -0.309 e. The van der Waals surface area contributed by atoms with Gasteiger partial charge in [-0.25, -0.2) is 13.6 Å². The van der Waals surface area contributed by atoms with Crippen molar-refractivity contribution in [1.82, 2.24) is 0 Å². The molecule has 4 bridgehead atoms. The number of para-hydroxylation sites is 1. The average molecular weight is 375 g/mol. The highest BCUT2D eigenvalue weighted by atomic mass is 32.2. The van der Waals surface area contributed by atoms with Gasteiger partial charge in [0.15, 0.2) is 0 Å². The van der Waals surface area contributed by atoms with E-state index in [9.17, 15) is 13.2 Å². The molecule has 0 aromatic heterocycles. The summed E-state index contributed by atoms with van der Waals surface area (Å²) in [5.74, 6) is 1.30. The van der Waals surface area contributed by atoms with E-state index < -0.39 is 14.8 Å². The van der Waals surface area contributed by atoms with E-state index >= 15 is 0 Å². The summed E-state index contributed by atoms with van der Waals surface area (Å²) in [5.41, 5.74) is 0.964. The monoisotopic (exact) mass is 374 g/mol. The van der Waals surface area contributed by atoms with Crippen LogP contribution in [0.1, 0.15) is 44.9 Å². The maximum absolute atomic E-state index is 13.2. The fourth-order valence-corrected chi connectivity index (χ4v) is 7.62. The van der Waals surface area contributed by atoms with Crippen LogP contribution in [0, 0.1) is 23.7 Å². The van der Waals surface area contributed by atoms with Crippen molar-refractivity contribution in [1.29, 1.82) is 0 Å².